The second-order valence-corrected chi connectivity index (χ2v) is 4.61. The van der Waals surface area contributed by atoms with E-state index >= 15 is 0 Å². The molecule has 0 bridgehead atoms. The van der Waals surface area contributed by atoms with E-state index in [2.05, 4.69) is 17.0 Å². The Hall–Kier alpha value is -2.29. The second-order valence-electron chi connectivity index (χ2n) is 4.61. The van der Waals surface area contributed by atoms with E-state index in [1.54, 1.807) is 19.1 Å². The second kappa shape index (κ2) is 6.75. The summed E-state index contributed by atoms with van der Waals surface area (Å²) in [5.41, 5.74) is 2.91. The van der Waals surface area contributed by atoms with Gasteiger partial charge in [0.15, 0.2) is 0 Å². The van der Waals surface area contributed by atoms with Gasteiger partial charge in [-0.15, -0.1) is 0 Å². The van der Waals surface area contributed by atoms with E-state index in [1.807, 2.05) is 37.4 Å². The largest absolute Gasteiger partial charge is 0.462 e. The number of ether oxygens (including phenoxy) is 1. The van der Waals surface area contributed by atoms with Crippen LogP contribution in [0.4, 0.5) is 5.69 Å². The molecule has 0 amide bonds. The molecule has 3 heteroatoms. The summed E-state index contributed by atoms with van der Waals surface area (Å²) in [5, 5.41) is 0. The van der Waals surface area contributed by atoms with E-state index in [4.69, 9.17) is 4.74 Å². The summed E-state index contributed by atoms with van der Waals surface area (Å²) >= 11 is 0. The van der Waals surface area contributed by atoms with E-state index in [9.17, 15) is 4.79 Å². The van der Waals surface area contributed by atoms with E-state index in [1.165, 1.54) is 5.56 Å². The third kappa shape index (κ3) is 3.60. The van der Waals surface area contributed by atoms with Crippen LogP contribution < -0.4 is 4.90 Å². The van der Waals surface area contributed by atoms with Crippen LogP contribution in [0.3, 0.4) is 0 Å². The minimum atomic E-state index is -0.273. The first-order chi connectivity index (χ1) is 9.70. The smallest absolute Gasteiger partial charge is 0.338 e. The molecule has 0 radical (unpaired) electrons. The van der Waals surface area contributed by atoms with Gasteiger partial charge in [-0.25, -0.2) is 4.79 Å². The predicted octanol–water partition coefficient (Wildman–Crippen LogP) is 3.50. The zero-order valence-corrected chi connectivity index (χ0v) is 11.9. The number of anilines is 1. The van der Waals surface area contributed by atoms with Crippen molar-refractivity contribution in [2.75, 3.05) is 18.6 Å². The van der Waals surface area contributed by atoms with Gasteiger partial charge >= 0.3 is 5.97 Å². The van der Waals surface area contributed by atoms with Crippen molar-refractivity contribution in [1.82, 2.24) is 0 Å². The topological polar surface area (TPSA) is 29.5 Å². The van der Waals surface area contributed by atoms with Crippen molar-refractivity contribution in [1.29, 1.82) is 0 Å². The fourth-order valence-corrected chi connectivity index (χ4v) is 2.01. The lowest BCUT2D eigenvalue weighted by Gasteiger charge is -2.19. The Morgan fingerprint density at radius 2 is 1.70 bits per heavy atom. The highest BCUT2D eigenvalue weighted by molar-refractivity contribution is 5.89. The Labute approximate surface area is 119 Å². The molecule has 0 saturated carbocycles. The normalized spacial score (nSPS) is 10.1. The molecule has 0 unspecified atom stereocenters. The molecular weight excluding hydrogens is 250 g/mol. The van der Waals surface area contributed by atoms with Crippen LogP contribution in [0.5, 0.6) is 0 Å². The summed E-state index contributed by atoms with van der Waals surface area (Å²) in [6, 6.07) is 17.8. The first-order valence-electron chi connectivity index (χ1n) is 6.73. The van der Waals surface area contributed by atoms with Gasteiger partial charge in [0.2, 0.25) is 0 Å². The molecular formula is C17H19NO2. The summed E-state index contributed by atoms with van der Waals surface area (Å²) in [6.07, 6.45) is 0. The summed E-state index contributed by atoms with van der Waals surface area (Å²) in [7, 11) is 2.03. The SMILES string of the molecule is CCOC(=O)c1ccc(N(C)Cc2ccccc2)cc1. The van der Waals surface area contributed by atoms with Crippen molar-refractivity contribution in [3.8, 4) is 0 Å². The standard InChI is InChI=1S/C17H19NO2/c1-3-20-17(19)15-9-11-16(12-10-15)18(2)13-14-7-5-4-6-8-14/h4-12H,3,13H2,1-2H3. The minimum Gasteiger partial charge on any atom is -0.462 e. The van der Waals surface area contributed by atoms with E-state index < -0.39 is 0 Å². The maximum absolute atomic E-state index is 11.6. The Morgan fingerprint density at radius 3 is 2.30 bits per heavy atom. The van der Waals surface area contributed by atoms with Crippen molar-refractivity contribution < 1.29 is 9.53 Å². The number of esters is 1. The first kappa shape index (κ1) is 14.1. The van der Waals surface area contributed by atoms with E-state index in [0.717, 1.165) is 12.2 Å². The number of hydrogen-bond acceptors (Lipinski definition) is 3. The van der Waals surface area contributed by atoms with Crippen molar-refractivity contribution in [3.05, 3.63) is 65.7 Å². The Bertz CT molecular complexity index is 549. The number of carbonyl (C=O) groups is 1. The molecule has 20 heavy (non-hydrogen) atoms. The number of hydrogen-bond donors (Lipinski definition) is 0. The lowest BCUT2D eigenvalue weighted by atomic mass is 10.1. The van der Waals surface area contributed by atoms with Crippen molar-refractivity contribution >= 4 is 11.7 Å². The third-order valence-electron chi connectivity index (χ3n) is 3.08. The maximum Gasteiger partial charge on any atom is 0.338 e. The molecule has 2 aromatic carbocycles. The van der Waals surface area contributed by atoms with Gasteiger partial charge in [0.1, 0.15) is 0 Å². The van der Waals surface area contributed by atoms with Crippen LogP contribution >= 0.6 is 0 Å². The van der Waals surface area contributed by atoms with E-state index in [-0.39, 0.29) is 5.97 Å². The summed E-state index contributed by atoms with van der Waals surface area (Å²) < 4.78 is 4.97. The molecule has 0 saturated heterocycles. The van der Waals surface area contributed by atoms with Crippen molar-refractivity contribution in [3.63, 3.8) is 0 Å². The van der Waals surface area contributed by atoms with Gasteiger partial charge in [-0.05, 0) is 36.8 Å². The summed E-state index contributed by atoms with van der Waals surface area (Å²) in [6.45, 7) is 3.04. The van der Waals surface area contributed by atoms with E-state index in [0.29, 0.717) is 12.2 Å². The molecule has 0 aromatic heterocycles. The molecule has 0 heterocycles. The van der Waals surface area contributed by atoms with Gasteiger partial charge in [-0.2, -0.15) is 0 Å². The summed E-state index contributed by atoms with van der Waals surface area (Å²) in [5.74, 6) is -0.273. The maximum atomic E-state index is 11.6. The van der Waals surface area contributed by atoms with Crippen LogP contribution in [0.25, 0.3) is 0 Å². The molecule has 0 atom stereocenters. The molecule has 2 rings (SSSR count). The molecule has 0 fully saturated rings. The van der Waals surface area contributed by atoms with Gasteiger partial charge in [-0.3, -0.25) is 0 Å². The zero-order chi connectivity index (χ0) is 14.4. The Morgan fingerprint density at radius 1 is 1.05 bits per heavy atom. The number of rotatable bonds is 5. The highest BCUT2D eigenvalue weighted by atomic mass is 16.5. The monoisotopic (exact) mass is 269 g/mol. The third-order valence-corrected chi connectivity index (χ3v) is 3.08. The Balaban J connectivity index is 2.04. The van der Waals surface area contributed by atoms with Crippen LogP contribution in [0.1, 0.15) is 22.8 Å². The average molecular weight is 269 g/mol. The highest BCUT2D eigenvalue weighted by Gasteiger charge is 2.07. The lowest BCUT2D eigenvalue weighted by Crippen LogP contribution is -2.16. The summed E-state index contributed by atoms with van der Waals surface area (Å²) in [4.78, 5) is 13.7. The van der Waals surface area contributed by atoms with Gasteiger partial charge in [0.05, 0.1) is 12.2 Å². The fraction of sp³-hybridized carbons (Fsp3) is 0.235. The average Bonchev–Trinajstić information content (AvgIpc) is 2.48. The van der Waals surface area contributed by atoms with Gasteiger partial charge in [-0.1, -0.05) is 30.3 Å². The first-order valence-corrected chi connectivity index (χ1v) is 6.73. The molecule has 2 aromatic rings. The quantitative estimate of drug-likeness (QED) is 0.778. The molecule has 0 N–H and O–H groups in total. The fourth-order valence-electron chi connectivity index (χ4n) is 2.01. The molecule has 3 nitrogen and oxygen atoms in total. The van der Waals surface area contributed by atoms with Crippen molar-refractivity contribution in [2.45, 2.75) is 13.5 Å². The van der Waals surface area contributed by atoms with Gasteiger partial charge in [0, 0.05) is 19.3 Å². The van der Waals surface area contributed by atoms with Crippen LogP contribution in [0.15, 0.2) is 54.6 Å². The van der Waals surface area contributed by atoms with Crippen molar-refractivity contribution in [2.24, 2.45) is 0 Å². The molecule has 104 valence electrons. The van der Waals surface area contributed by atoms with Gasteiger partial charge in [0.25, 0.3) is 0 Å². The number of carbonyl (C=O) groups excluding carboxylic acids is 1. The minimum absolute atomic E-state index is 0.273. The molecule has 0 aliphatic heterocycles. The number of benzene rings is 2. The van der Waals surface area contributed by atoms with Crippen LogP contribution in [-0.4, -0.2) is 19.6 Å². The number of nitrogens with zero attached hydrogens (tertiary/aromatic N) is 1. The highest BCUT2D eigenvalue weighted by Crippen LogP contribution is 2.16. The molecule has 0 spiro atoms. The zero-order valence-electron chi connectivity index (χ0n) is 11.9. The Kier molecular flexibility index (Phi) is 4.77. The van der Waals surface area contributed by atoms with Crippen LogP contribution in [0.2, 0.25) is 0 Å². The van der Waals surface area contributed by atoms with Gasteiger partial charge < -0.3 is 9.64 Å². The molecule has 0 aliphatic rings. The predicted molar refractivity (Wildman–Crippen MR) is 80.9 cm³/mol. The van der Waals surface area contributed by atoms with Crippen LogP contribution in [-0.2, 0) is 11.3 Å². The van der Waals surface area contributed by atoms with Crippen LogP contribution in [0, 0.1) is 0 Å². The lowest BCUT2D eigenvalue weighted by molar-refractivity contribution is 0.0526. The molecule has 0 aliphatic carbocycles.